The van der Waals surface area contributed by atoms with Crippen molar-refractivity contribution in [3.05, 3.63) is 11.3 Å². The number of hydrogen-bond donors (Lipinski definition) is 4. The Morgan fingerprint density at radius 3 is 2.70 bits per heavy atom. The lowest BCUT2D eigenvalue weighted by Gasteiger charge is -2.46. The zero-order valence-electron chi connectivity index (χ0n) is 15.9. The molecule has 0 spiro atoms. The van der Waals surface area contributed by atoms with Gasteiger partial charge in [-0.05, 0) is 19.5 Å². The Morgan fingerprint density at radius 1 is 1.48 bits per heavy atom. The number of nitrogens with zero attached hydrogens (tertiary/aromatic N) is 2. The van der Waals surface area contributed by atoms with Crippen LogP contribution in [0.2, 0.25) is 0 Å². The molecule has 27 heavy (non-hydrogen) atoms. The molecule has 2 amide bonds. The van der Waals surface area contributed by atoms with Gasteiger partial charge in [-0.1, -0.05) is 6.92 Å². The number of hydrogen-bond acceptors (Lipinski definition) is 7. The molecule has 2 rings (SSSR count). The summed E-state index contributed by atoms with van der Waals surface area (Å²) in [6.45, 7) is 4.59. The minimum atomic E-state index is -1.09. The second-order valence-corrected chi connectivity index (χ2v) is 7.75. The average Bonchev–Trinajstić information content (AvgIpc) is 2.81. The zero-order valence-corrected chi connectivity index (χ0v) is 16.9. The van der Waals surface area contributed by atoms with Gasteiger partial charge in [-0.2, -0.15) is 0 Å². The van der Waals surface area contributed by atoms with E-state index in [1.807, 2.05) is 18.9 Å². The molecule has 4 N–H and O–H groups in total. The lowest BCUT2D eigenvalue weighted by atomic mass is 9.77. The highest BCUT2D eigenvalue weighted by Crippen LogP contribution is 2.47. The summed E-state index contributed by atoms with van der Waals surface area (Å²) in [5.74, 6) is -1.49. The predicted octanol–water partition coefficient (Wildman–Crippen LogP) is -1.51. The molecule has 0 bridgehead atoms. The number of likely N-dealkylation sites (N-methyl/N-ethyl adjacent to an activating group) is 1. The first-order chi connectivity index (χ1) is 12.7. The van der Waals surface area contributed by atoms with Crippen LogP contribution >= 0.6 is 8.96 Å². The van der Waals surface area contributed by atoms with E-state index in [4.69, 9.17) is 9.63 Å². The lowest BCUT2D eigenvalue weighted by molar-refractivity contribution is -0.162. The molecule has 0 saturated carbocycles. The third kappa shape index (κ3) is 4.43. The molecule has 0 aromatic rings. The van der Waals surface area contributed by atoms with E-state index >= 15 is 0 Å². The van der Waals surface area contributed by atoms with E-state index in [0.29, 0.717) is 13.1 Å². The molecule has 1 saturated heterocycles. The Labute approximate surface area is 160 Å². The largest absolute Gasteiger partial charge is 0.465 e. The van der Waals surface area contributed by atoms with Gasteiger partial charge >= 0.3 is 12.1 Å². The van der Waals surface area contributed by atoms with Gasteiger partial charge in [0, 0.05) is 25.6 Å². The van der Waals surface area contributed by atoms with Gasteiger partial charge in [0.25, 0.3) is 0 Å². The monoisotopic (exact) mass is 400 g/mol. The summed E-state index contributed by atoms with van der Waals surface area (Å²) in [6, 6.07) is -0.265. The highest BCUT2D eigenvalue weighted by molar-refractivity contribution is 7.32. The van der Waals surface area contributed by atoms with Crippen LogP contribution in [0.5, 0.6) is 0 Å². The van der Waals surface area contributed by atoms with Gasteiger partial charge in [0.2, 0.25) is 5.91 Å². The zero-order chi connectivity index (χ0) is 20.3. The van der Waals surface area contributed by atoms with Gasteiger partial charge < -0.3 is 34.9 Å². The fraction of sp³-hybridized carbons (Fsp3) is 0.667. The van der Waals surface area contributed by atoms with Gasteiger partial charge in [0.1, 0.15) is 14.7 Å². The van der Waals surface area contributed by atoms with Crippen LogP contribution in [0.15, 0.2) is 11.3 Å². The first kappa shape index (κ1) is 21.6. The van der Waals surface area contributed by atoms with E-state index in [1.54, 1.807) is 14.9 Å². The van der Waals surface area contributed by atoms with Crippen LogP contribution in [0.3, 0.4) is 0 Å². The minimum Gasteiger partial charge on any atom is -0.465 e. The Balaban J connectivity index is 2.20. The van der Waals surface area contributed by atoms with Crippen LogP contribution in [0.25, 0.3) is 0 Å². The highest BCUT2D eigenvalue weighted by atomic mass is 31.1. The van der Waals surface area contributed by atoms with E-state index in [1.165, 1.54) is 4.90 Å². The third-order valence-electron chi connectivity index (χ3n) is 4.96. The summed E-state index contributed by atoms with van der Waals surface area (Å²) >= 11 is 0. The van der Waals surface area contributed by atoms with Crippen molar-refractivity contribution in [3.63, 3.8) is 0 Å². The number of aliphatic hydroxyl groups is 1. The number of carbonyl (C=O) groups is 3. The molecule has 0 aliphatic carbocycles. The van der Waals surface area contributed by atoms with Crippen molar-refractivity contribution >= 4 is 34.9 Å². The van der Waals surface area contributed by atoms with E-state index in [2.05, 4.69) is 10.3 Å². The molecule has 2 heterocycles. The van der Waals surface area contributed by atoms with E-state index in [0.717, 1.165) is 5.57 Å². The van der Waals surface area contributed by atoms with Gasteiger partial charge in [0.05, 0.1) is 18.1 Å². The molecular weight excluding hydrogens is 374 g/mol. The molecule has 0 aromatic carbocycles. The van der Waals surface area contributed by atoms with Crippen molar-refractivity contribution in [3.8, 4) is 0 Å². The molecule has 0 aromatic heterocycles. The van der Waals surface area contributed by atoms with Crippen molar-refractivity contribution < 1.29 is 29.1 Å². The van der Waals surface area contributed by atoms with Crippen molar-refractivity contribution in [1.29, 1.82) is 0 Å². The molecule has 1 unspecified atom stereocenters. The van der Waals surface area contributed by atoms with Crippen LogP contribution < -0.4 is 10.3 Å². The van der Waals surface area contributed by atoms with Crippen molar-refractivity contribution in [2.45, 2.75) is 26.0 Å². The fourth-order valence-corrected chi connectivity index (χ4v) is 4.00. The Kier molecular flexibility index (Phi) is 7.22. The maximum absolute atomic E-state index is 12.6. The normalized spacial score (nSPS) is 25.7. The molecule has 10 nitrogen and oxygen atoms in total. The van der Waals surface area contributed by atoms with Gasteiger partial charge in [0.15, 0.2) is 7.98 Å². The Bertz CT molecular complexity index is 646. The standard InChI is InChI=1S/C15H26BN4O6P/c1-7-9(6-19(3)5-4-17-15(24)25)12(14(23)26-27-18-16)20-11(7)10(8(2)21)13(20)22/h7-8,10-11,17-18,21,27H,4-6,16H2,1-3H3,(H,24,25)/t7-,8+,10+,11+/m0/s1. The van der Waals surface area contributed by atoms with E-state index < -0.39 is 24.1 Å². The topological polar surface area (TPSA) is 131 Å². The smallest absolute Gasteiger partial charge is 0.404 e. The maximum Gasteiger partial charge on any atom is 0.404 e. The molecule has 150 valence electrons. The molecule has 2 aliphatic heterocycles. The number of fused-ring (bicyclic) bond motifs is 1. The quantitative estimate of drug-likeness (QED) is 0.209. The highest BCUT2D eigenvalue weighted by Gasteiger charge is 2.59. The second kappa shape index (κ2) is 9.01. The third-order valence-corrected chi connectivity index (χ3v) is 5.46. The van der Waals surface area contributed by atoms with Crippen LogP contribution in [0.4, 0.5) is 4.79 Å². The number of nitrogens with one attached hydrogen (secondary N) is 2. The van der Waals surface area contributed by atoms with Gasteiger partial charge in [-0.15, -0.1) is 0 Å². The van der Waals surface area contributed by atoms with Crippen LogP contribution in [-0.2, 0) is 14.1 Å². The molecule has 0 radical (unpaired) electrons. The van der Waals surface area contributed by atoms with Crippen LogP contribution in [0.1, 0.15) is 13.8 Å². The first-order valence-corrected chi connectivity index (χ1v) is 9.63. The number of carboxylic acid groups (broad SMARTS) is 1. The summed E-state index contributed by atoms with van der Waals surface area (Å²) in [5, 5.41) is 20.9. The number of β-lactam (4-membered cyclic amide) rings is 1. The fourth-order valence-electron chi connectivity index (χ4n) is 3.71. The van der Waals surface area contributed by atoms with Crippen molar-refractivity contribution in [2.24, 2.45) is 11.8 Å². The predicted molar refractivity (Wildman–Crippen MR) is 102 cm³/mol. The van der Waals surface area contributed by atoms with Gasteiger partial charge in [-0.25, -0.2) is 9.59 Å². The summed E-state index contributed by atoms with van der Waals surface area (Å²) in [7, 11) is 3.24. The number of carbonyl (C=O) groups excluding carboxylic acids is 2. The molecular formula is C15H26BN4O6P. The second-order valence-electron chi connectivity index (χ2n) is 6.84. The molecule has 5 atom stereocenters. The SMILES string of the molecule is BNPOC(=O)C1=C(CN(C)CCNC(=O)O)[C@H](C)[C@@H]2[C@@H]([C@@H](C)O)C(=O)N12. The van der Waals surface area contributed by atoms with Gasteiger partial charge in [-0.3, -0.25) is 4.79 Å². The number of aliphatic hydroxyl groups excluding tert-OH is 1. The lowest BCUT2D eigenvalue weighted by Crippen LogP contribution is -2.63. The summed E-state index contributed by atoms with van der Waals surface area (Å²) in [5.41, 5.74) is 1.01. The first-order valence-electron chi connectivity index (χ1n) is 8.73. The van der Waals surface area contributed by atoms with Crippen molar-refractivity contribution in [2.75, 3.05) is 26.7 Å². The maximum atomic E-state index is 12.6. The summed E-state index contributed by atoms with van der Waals surface area (Å²) in [4.78, 5) is 41.8. The number of amides is 2. The Hall–Kier alpha value is -1.68. The average molecular weight is 400 g/mol. The van der Waals surface area contributed by atoms with Crippen LogP contribution in [0, 0.1) is 11.8 Å². The van der Waals surface area contributed by atoms with E-state index in [9.17, 15) is 19.5 Å². The van der Waals surface area contributed by atoms with Crippen molar-refractivity contribution in [1.82, 2.24) is 20.1 Å². The molecule has 1 fully saturated rings. The molecule has 2 aliphatic rings. The summed E-state index contributed by atoms with van der Waals surface area (Å²) in [6.07, 6.45) is -1.89. The minimum absolute atomic E-state index is 0.113. The summed E-state index contributed by atoms with van der Waals surface area (Å²) < 4.78 is 5.20. The number of rotatable bonds is 9. The Morgan fingerprint density at radius 2 is 2.15 bits per heavy atom. The van der Waals surface area contributed by atoms with Crippen LogP contribution in [-0.4, -0.2) is 84.8 Å². The molecule has 12 heteroatoms. The van der Waals surface area contributed by atoms with E-state index in [-0.39, 0.29) is 39.1 Å².